The fourth-order valence-corrected chi connectivity index (χ4v) is 6.81. The van der Waals surface area contributed by atoms with E-state index in [4.69, 9.17) is 14.2 Å². The highest BCUT2D eigenvalue weighted by atomic mass is 16.7. The molecular formula is C31H40N2O6. The van der Waals surface area contributed by atoms with Crippen molar-refractivity contribution in [3.63, 3.8) is 0 Å². The van der Waals surface area contributed by atoms with Crippen LogP contribution in [0.3, 0.4) is 0 Å². The van der Waals surface area contributed by atoms with Gasteiger partial charge in [-0.1, -0.05) is 70.4 Å². The zero-order chi connectivity index (χ0) is 27.7. The van der Waals surface area contributed by atoms with Crippen molar-refractivity contribution in [1.29, 1.82) is 0 Å². The summed E-state index contributed by atoms with van der Waals surface area (Å²) in [6.07, 6.45) is 4.77. The van der Waals surface area contributed by atoms with Crippen LogP contribution in [0.1, 0.15) is 70.0 Å². The number of aliphatic carboxylic acids is 1. The maximum Gasteiger partial charge on any atom is 0.326 e. The highest BCUT2D eigenvalue weighted by Crippen LogP contribution is 2.49. The number of benzene rings is 2. The number of carbonyl (C=O) groups excluding carboxylic acids is 1. The second-order valence-corrected chi connectivity index (χ2v) is 12.0. The summed E-state index contributed by atoms with van der Waals surface area (Å²) in [6, 6.07) is 11.9. The fourth-order valence-electron chi connectivity index (χ4n) is 6.81. The summed E-state index contributed by atoms with van der Waals surface area (Å²) in [4.78, 5) is 28.9. The number of carbonyl (C=O) groups is 2. The molecule has 4 atom stereocenters. The molecule has 2 aromatic rings. The van der Waals surface area contributed by atoms with Gasteiger partial charge in [-0.05, 0) is 29.9 Å². The van der Waals surface area contributed by atoms with Crippen LogP contribution in [0.4, 0.5) is 0 Å². The maximum absolute atomic E-state index is 14.2. The molecule has 2 aliphatic heterocycles. The van der Waals surface area contributed by atoms with E-state index >= 15 is 0 Å². The summed E-state index contributed by atoms with van der Waals surface area (Å²) in [5.41, 5.74) is 1.42. The third kappa shape index (κ3) is 5.31. The molecule has 2 fully saturated rings. The molecule has 2 N–H and O–H groups in total. The van der Waals surface area contributed by atoms with Crippen LogP contribution in [-0.4, -0.2) is 47.9 Å². The van der Waals surface area contributed by atoms with Crippen molar-refractivity contribution in [2.45, 2.75) is 77.5 Å². The van der Waals surface area contributed by atoms with E-state index in [0.29, 0.717) is 23.8 Å². The second kappa shape index (κ2) is 11.1. The van der Waals surface area contributed by atoms with E-state index in [1.165, 1.54) is 0 Å². The Kier molecular flexibility index (Phi) is 7.76. The van der Waals surface area contributed by atoms with Gasteiger partial charge in [-0.2, -0.15) is 0 Å². The Balaban J connectivity index is 1.57. The van der Waals surface area contributed by atoms with Crippen LogP contribution in [0.5, 0.6) is 17.2 Å². The number of nitrogens with one attached hydrogen (secondary N) is 1. The predicted octanol–water partition coefficient (Wildman–Crippen LogP) is 5.16. The predicted molar refractivity (Wildman–Crippen MR) is 147 cm³/mol. The van der Waals surface area contributed by atoms with Gasteiger partial charge in [0.15, 0.2) is 11.5 Å². The molecule has 1 saturated carbocycles. The second-order valence-electron chi connectivity index (χ2n) is 12.0. The molecule has 5 rings (SSSR count). The zero-order valence-corrected chi connectivity index (χ0v) is 23.3. The molecular weight excluding hydrogens is 496 g/mol. The number of likely N-dealkylation sites (tertiary alicyclic amines) is 1. The van der Waals surface area contributed by atoms with Gasteiger partial charge in [-0.15, -0.1) is 0 Å². The average molecular weight is 537 g/mol. The molecule has 0 unspecified atom stereocenters. The summed E-state index contributed by atoms with van der Waals surface area (Å²) in [7, 11) is 1.62. The van der Waals surface area contributed by atoms with Gasteiger partial charge in [0.1, 0.15) is 11.8 Å². The van der Waals surface area contributed by atoms with E-state index in [1.54, 1.807) is 12.0 Å². The Bertz CT molecular complexity index is 1190. The van der Waals surface area contributed by atoms with Gasteiger partial charge < -0.3 is 29.5 Å². The highest BCUT2D eigenvalue weighted by molar-refractivity contribution is 5.87. The number of carboxylic acids is 1. The lowest BCUT2D eigenvalue weighted by Crippen LogP contribution is -2.49. The lowest BCUT2D eigenvalue weighted by molar-refractivity contribution is -0.154. The van der Waals surface area contributed by atoms with Crippen molar-refractivity contribution in [2.24, 2.45) is 17.3 Å². The summed E-state index contributed by atoms with van der Waals surface area (Å²) >= 11 is 0. The van der Waals surface area contributed by atoms with Crippen LogP contribution >= 0.6 is 0 Å². The molecule has 0 radical (unpaired) electrons. The summed E-state index contributed by atoms with van der Waals surface area (Å²) in [5.74, 6) is 0.496. The highest BCUT2D eigenvalue weighted by Gasteiger charge is 2.58. The Morgan fingerprint density at radius 2 is 1.72 bits per heavy atom. The van der Waals surface area contributed by atoms with Gasteiger partial charge in [0, 0.05) is 36.1 Å². The molecule has 0 spiro atoms. The lowest BCUT2D eigenvalue weighted by atomic mass is 9.72. The molecule has 2 aromatic carbocycles. The van der Waals surface area contributed by atoms with Crippen LogP contribution in [0, 0.1) is 17.3 Å². The van der Waals surface area contributed by atoms with Crippen molar-refractivity contribution >= 4 is 11.9 Å². The van der Waals surface area contributed by atoms with Crippen molar-refractivity contribution < 1.29 is 28.9 Å². The van der Waals surface area contributed by atoms with E-state index in [0.717, 1.165) is 43.2 Å². The minimum atomic E-state index is -0.954. The van der Waals surface area contributed by atoms with E-state index in [-0.39, 0.29) is 30.6 Å². The van der Waals surface area contributed by atoms with Gasteiger partial charge in [0.25, 0.3) is 0 Å². The molecule has 1 aliphatic carbocycles. The zero-order valence-electron chi connectivity index (χ0n) is 23.3. The van der Waals surface area contributed by atoms with E-state index in [1.807, 2.05) is 42.5 Å². The largest absolute Gasteiger partial charge is 0.496 e. The number of nitrogens with zero attached hydrogens (tertiary/aromatic N) is 1. The molecule has 39 heavy (non-hydrogen) atoms. The monoisotopic (exact) mass is 536 g/mol. The Morgan fingerprint density at radius 1 is 1.05 bits per heavy atom. The fraction of sp³-hybridized carbons (Fsp3) is 0.548. The molecule has 1 amide bonds. The Labute approximate surface area is 230 Å². The van der Waals surface area contributed by atoms with E-state index < -0.39 is 23.5 Å². The smallest absolute Gasteiger partial charge is 0.326 e. The first-order chi connectivity index (χ1) is 18.7. The van der Waals surface area contributed by atoms with Crippen LogP contribution in [0.2, 0.25) is 0 Å². The van der Waals surface area contributed by atoms with Gasteiger partial charge >= 0.3 is 5.97 Å². The molecule has 0 bridgehead atoms. The molecule has 1 saturated heterocycles. The van der Waals surface area contributed by atoms with Gasteiger partial charge in [0.2, 0.25) is 12.7 Å². The quantitative estimate of drug-likeness (QED) is 0.504. The average Bonchev–Trinajstić information content (AvgIpc) is 3.53. The number of hydrogen-bond acceptors (Lipinski definition) is 6. The number of rotatable bonds is 7. The standard InChI is InChI=1S/C31H40N2O6/c1-31(2,3)25-26(32-17-21-15-23-24(39-18-38-23)16-22(21)37-4)27(19-11-7-5-8-12-19)33(28(25)30(35)36)29(34)20-13-9-6-10-14-20/h5,7-8,11-12,15-16,20,25-28,32H,6,9-10,13-14,17-18H2,1-4H3,(H,35,36)/t25-,26-,27-,28-/m0/s1. The number of methoxy groups -OCH3 is 1. The molecule has 8 heteroatoms. The first-order valence-electron chi connectivity index (χ1n) is 14.0. The molecule has 210 valence electrons. The summed E-state index contributed by atoms with van der Waals surface area (Å²) in [6.45, 7) is 6.79. The topological polar surface area (TPSA) is 97.3 Å². The lowest BCUT2D eigenvalue weighted by Gasteiger charge is -2.36. The first kappa shape index (κ1) is 27.3. The van der Waals surface area contributed by atoms with Gasteiger partial charge in [0.05, 0.1) is 13.2 Å². The SMILES string of the molecule is COc1cc2c(cc1CN[C@H]1[C@H](C(C)(C)C)[C@@H](C(=O)O)N(C(=O)C3CCCCC3)[C@H]1c1ccccc1)OCO2. The van der Waals surface area contributed by atoms with Crippen molar-refractivity contribution in [3.05, 3.63) is 53.6 Å². The minimum absolute atomic E-state index is 0.0323. The van der Waals surface area contributed by atoms with Crippen molar-refractivity contribution in [3.8, 4) is 17.2 Å². The minimum Gasteiger partial charge on any atom is -0.496 e. The van der Waals surface area contributed by atoms with Crippen molar-refractivity contribution in [2.75, 3.05) is 13.9 Å². The van der Waals surface area contributed by atoms with Crippen LogP contribution in [-0.2, 0) is 16.1 Å². The Hall–Kier alpha value is -3.26. The third-order valence-electron chi connectivity index (χ3n) is 8.57. The van der Waals surface area contributed by atoms with E-state index in [2.05, 4.69) is 26.1 Å². The summed E-state index contributed by atoms with van der Waals surface area (Å²) in [5, 5.41) is 14.4. The van der Waals surface area contributed by atoms with Crippen LogP contribution in [0.15, 0.2) is 42.5 Å². The molecule has 8 nitrogen and oxygen atoms in total. The number of carboxylic acid groups (broad SMARTS) is 1. The molecule has 0 aromatic heterocycles. The first-order valence-corrected chi connectivity index (χ1v) is 14.0. The van der Waals surface area contributed by atoms with Crippen LogP contribution < -0.4 is 19.5 Å². The van der Waals surface area contributed by atoms with E-state index in [9.17, 15) is 14.7 Å². The maximum atomic E-state index is 14.2. The van der Waals surface area contributed by atoms with Crippen LogP contribution in [0.25, 0.3) is 0 Å². The number of ether oxygens (including phenoxy) is 3. The summed E-state index contributed by atoms with van der Waals surface area (Å²) < 4.78 is 16.8. The van der Waals surface area contributed by atoms with Crippen molar-refractivity contribution in [1.82, 2.24) is 10.2 Å². The third-order valence-corrected chi connectivity index (χ3v) is 8.57. The van der Waals surface area contributed by atoms with Gasteiger partial charge in [-0.25, -0.2) is 4.79 Å². The Morgan fingerprint density at radius 3 is 2.33 bits per heavy atom. The van der Waals surface area contributed by atoms with Gasteiger partial charge in [-0.3, -0.25) is 4.79 Å². The number of amides is 1. The number of hydrogen-bond donors (Lipinski definition) is 2. The number of fused-ring (bicyclic) bond motifs is 1. The normalized spacial score (nSPS) is 25.1. The molecule has 2 heterocycles. The molecule has 3 aliphatic rings.